The van der Waals surface area contributed by atoms with Crippen LogP contribution in [0.15, 0.2) is 43.0 Å². The van der Waals surface area contributed by atoms with Gasteiger partial charge in [0.15, 0.2) is 5.65 Å². The van der Waals surface area contributed by atoms with Crippen molar-refractivity contribution in [3.8, 4) is 11.3 Å². The Kier molecular flexibility index (Phi) is 1.41. The maximum absolute atomic E-state index is 4.39. The summed E-state index contributed by atoms with van der Waals surface area (Å²) in [6, 6.07) is 5.81. The lowest BCUT2D eigenvalue weighted by Gasteiger charge is -1.87. The summed E-state index contributed by atoms with van der Waals surface area (Å²) in [6.07, 6.45) is 7.45. The Labute approximate surface area is 80.2 Å². The van der Waals surface area contributed by atoms with Gasteiger partial charge in [0.1, 0.15) is 0 Å². The smallest absolute Gasteiger partial charge is 0.155 e. The van der Waals surface area contributed by atoms with Crippen LogP contribution in [0.3, 0.4) is 0 Å². The van der Waals surface area contributed by atoms with Crippen LogP contribution in [0, 0.1) is 0 Å². The standard InChI is InChI=1S/C10H8N4/c1-3-12-10-6-9(13-14(10)5-1)8-2-4-11-7-8/h1-7,11H. The fourth-order valence-electron chi connectivity index (χ4n) is 1.45. The van der Waals surface area contributed by atoms with Crippen LogP contribution in [-0.4, -0.2) is 19.6 Å². The van der Waals surface area contributed by atoms with E-state index in [1.54, 1.807) is 10.7 Å². The van der Waals surface area contributed by atoms with Gasteiger partial charge in [0, 0.05) is 36.4 Å². The Bertz CT molecular complexity index is 517. The van der Waals surface area contributed by atoms with Crippen LogP contribution in [-0.2, 0) is 0 Å². The van der Waals surface area contributed by atoms with Gasteiger partial charge >= 0.3 is 0 Å². The summed E-state index contributed by atoms with van der Waals surface area (Å²) >= 11 is 0. The van der Waals surface area contributed by atoms with Gasteiger partial charge in [0.2, 0.25) is 0 Å². The van der Waals surface area contributed by atoms with Gasteiger partial charge < -0.3 is 4.98 Å². The first-order valence-corrected chi connectivity index (χ1v) is 4.37. The zero-order valence-electron chi connectivity index (χ0n) is 7.38. The molecule has 3 aromatic heterocycles. The van der Waals surface area contributed by atoms with Gasteiger partial charge in [0.25, 0.3) is 0 Å². The Morgan fingerprint density at radius 3 is 3.14 bits per heavy atom. The maximum Gasteiger partial charge on any atom is 0.155 e. The number of hydrogen-bond donors (Lipinski definition) is 1. The molecule has 0 saturated carbocycles. The predicted molar refractivity (Wildman–Crippen MR) is 52.8 cm³/mol. The third-order valence-electron chi connectivity index (χ3n) is 2.13. The summed E-state index contributed by atoms with van der Waals surface area (Å²) < 4.78 is 1.77. The van der Waals surface area contributed by atoms with E-state index in [0.717, 1.165) is 16.9 Å². The number of nitrogens with one attached hydrogen (secondary N) is 1. The lowest BCUT2D eigenvalue weighted by molar-refractivity contribution is 0.943. The molecule has 0 amide bonds. The molecule has 0 saturated heterocycles. The first kappa shape index (κ1) is 7.32. The summed E-state index contributed by atoms with van der Waals surface area (Å²) in [4.78, 5) is 7.20. The normalized spacial score (nSPS) is 10.9. The van der Waals surface area contributed by atoms with E-state index in [9.17, 15) is 0 Å². The maximum atomic E-state index is 4.39. The van der Waals surface area contributed by atoms with Crippen LogP contribution < -0.4 is 0 Å². The number of fused-ring (bicyclic) bond motifs is 1. The Hall–Kier alpha value is -2.10. The first-order valence-electron chi connectivity index (χ1n) is 4.37. The van der Waals surface area contributed by atoms with Crippen molar-refractivity contribution in [2.45, 2.75) is 0 Å². The minimum absolute atomic E-state index is 0.865. The van der Waals surface area contributed by atoms with Gasteiger partial charge in [-0.05, 0) is 12.1 Å². The molecule has 14 heavy (non-hydrogen) atoms. The molecule has 4 heteroatoms. The second-order valence-electron chi connectivity index (χ2n) is 3.05. The number of aromatic nitrogens is 4. The molecule has 68 valence electrons. The quantitative estimate of drug-likeness (QED) is 0.626. The minimum Gasteiger partial charge on any atom is -0.367 e. The van der Waals surface area contributed by atoms with Crippen LogP contribution in [0.4, 0.5) is 0 Å². The van der Waals surface area contributed by atoms with E-state index >= 15 is 0 Å². The van der Waals surface area contributed by atoms with Crippen LogP contribution in [0.2, 0.25) is 0 Å². The summed E-state index contributed by atoms with van der Waals surface area (Å²) in [5.74, 6) is 0. The van der Waals surface area contributed by atoms with Crippen LogP contribution in [0.25, 0.3) is 16.9 Å². The number of nitrogens with zero attached hydrogens (tertiary/aromatic N) is 3. The molecule has 0 aromatic carbocycles. The minimum atomic E-state index is 0.865. The van der Waals surface area contributed by atoms with Crippen molar-refractivity contribution in [1.29, 1.82) is 0 Å². The molecule has 0 atom stereocenters. The highest BCUT2D eigenvalue weighted by molar-refractivity contribution is 5.62. The molecule has 0 aliphatic carbocycles. The lowest BCUT2D eigenvalue weighted by Crippen LogP contribution is -1.86. The van der Waals surface area contributed by atoms with Gasteiger partial charge in [0.05, 0.1) is 5.69 Å². The Morgan fingerprint density at radius 1 is 1.36 bits per heavy atom. The second kappa shape index (κ2) is 2.70. The number of H-pyrrole nitrogens is 1. The van der Waals surface area contributed by atoms with Crippen LogP contribution in [0.5, 0.6) is 0 Å². The van der Waals surface area contributed by atoms with Gasteiger partial charge in [-0.25, -0.2) is 9.50 Å². The molecule has 0 unspecified atom stereocenters. The number of rotatable bonds is 1. The molecule has 0 bridgehead atoms. The molecular formula is C10H8N4. The Balaban J connectivity index is 2.24. The molecular weight excluding hydrogens is 176 g/mol. The van der Waals surface area contributed by atoms with Crippen molar-refractivity contribution in [3.63, 3.8) is 0 Å². The van der Waals surface area contributed by atoms with Gasteiger partial charge in [-0.3, -0.25) is 0 Å². The van der Waals surface area contributed by atoms with Crippen molar-refractivity contribution < 1.29 is 0 Å². The second-order valence-corrected chi connectivity index (χ2v) is 3.05. The molecule has 0 fully saturated rings. The first-order chi connectivity index (χ1) is 6.93. The zero-order chi connectivity index (χ0) is 9.38. The van der Waals surface area contributed by atoms with E-state index in [2.05, 4.69) is 15.1 Å². The fraction of sp³-hybridized carbons (Fsp3) is 0. The highest BCUT2D eigenvalue weighted by atomic mass is 15.2. The van der Waals surface area contributed by atoms with Crippen molar-refractivity contribution in [3.05, 3.63) is 43.0 Å². The predicted octanol–water partition coefficient (Wildman–Crippen LogP) is 1.72. The third-order valence-corrected chi connectivity index (χ3v) is 2.13. The lowest BCUT2D eigenvalue weighted by atomic mass is 10.2. The molecule has 1 N–H and O–H groups in total. The van der Waals surface area contributed by atoms with Crippen LogP contribution >= 0.6 is 0 Å². The molecule has 3 aromatic rings. The SMILES string of the molecule is c1cnc2cc(-c3cc[nH]c3)nn2c1. The van der Waals surface area contributed by atoms with Crippen molar-refractivity contribution in [2.75, 3.05) is 0 Å². The highest BCUT2D eigenvalue weighted by Crippen LogP contribution is 2.17. The van der Waals surface area contributed by atoms with E-state index in [4.69, 9.17) is 0 Å². The average molecular weight is 184 g/mol. The molecule has 0 radical (unpaired) electrons. The molecule has 0 spiro atoms. The van der Waals surface area contributed by atoms with E-state index in [-0.39, 0.29) is 0 Å². The molecule has 4 nitrogen and oxygen atoms in total. The van der Waals surface area contributed by atoms with E-state index in [1.807, 2.05) is 36.8 Å². The van der Waals surface area contributed by atoms with Crippen LogP contribution in [0.1, 0.15) is 0 Å². The van der Waals surface area contributed by atoms with E-state index < -0.39 is 0 Å². The van der Waals surface area contributed by atoms with E-state index in [1.165, 1.54) is 0 Å². The number of hydrogen-bond acceptors (Lipinski definition) is 2. The molecule has 3 heterocycles. The van der Waals surface area contributed by atoms with Gasteiger partial charge in [-0.15, -0.1) is 0 Å². The highest BCUT2D eigenvalue weighted by Gasteiger charge is 2.03. The Morgan fingerprint density at radius 2 is 2.36 bits per heavy atom. The third kappa shape index (κ3) is 1.01. The summed E-state index contributed by atoms with van der Waals surface area (Å²) in [7, 11) is 0. The fourth-order valence-corrected chi connectivity index (χ4v) is 1.45. The monoisotopic (exact) mass is 184 g/mol. The zero-order valence-corrected chi connectivity index (χ0v) is 7.38. The number of aromatic amines is 1. The van der Waals surface area contributed by atoms with Crippen molar-refractivity contribution >= 4 is 5.65 Å². The van der Waals surface area contributed by atoms with E-state index in [0.29, 0.717) is 0 Å². The van der Waals surface area contributed by atoms with Crippen molar-refractivity contribution in [2.24, 2.45) is 0 Å². The summed E-state index contributed by atoms with van der Waals surface area (Å²) in [6.45, 7) is 0. The van der Waals surface area contributed by atoms with Crippen molar-refractivity contribution in [1.82, 2.24) is 19.6 Å². The average Bonchev–Trinajstić information content (AvgIpc) is 2.86. The molecule has 0 aliphatic rings. The summed E-state index contributed by atoms with van der Waals surface area (Å²) in [5.41, 5.74) is 2.88. The van der Waals surface area contributed by atoms with Gasteiger partial charge in [-0.1, -0.05) is 0 Å². The van der Waals surface area contributed by atoms with Gasteiger partial charge in [-0.2, -0.15) is 5.10 Å². The topological polar surface area (TPSA) is 46.0 Å². The molecule has 3 rings (SSSR count). The largest absolute Gasteiger partial charge is 0.367 e. The molecule has 0 aliphatic heterocycles. The summed E-state index contributed by atoms with van der Waals surface area (Å²) in [5, 5.41) is 4.39.